The third-order valence-electron chi connectivity index (χ3n) is 4.94. The number of hydrogen-bond donors (Lipinski definition) is 0. The van der Waals surface area contributed by atoms with E-state index in [-0.39, 0.29) is 17.7 Å². The van der Waals surface area contributed by atoms with Gasteiger partial charge >= 0.3 is 12.2 Å². The van der Waals surface area contributed by atoms with Crippen molar-refractivity contribution in [2.24, 2.45) is 0 Å². The first-order chi connectivity index (χ1) is 14.0. The van der Waals surface area contributed by atoms with E-state index in [0.717, 1.165) is 11.1 Å². The lowest BCUT2D eigenvalue weighted by atomic mass is 10.0. The van der Waals surface area contributed by atoms with Crippen LogP contribution in [0.3, 0.4) is 0 Å². The zero-order valence-corrected chi connectivity index (χ0v) is 18.7. The third-order valence-corrected chi connectivity index (χ3v) is 4.94. The topological polar surface area (TPSA) is 76.9 Å². The molecule has 0 saturated heterocycles. The molecule has 1 aliphatic rings. The number of aromatic nitrogens is 2. The van der Waals surface area contributed by atoms with Crippen molar-refractivity contribution in [3.8, 4) is 11.1 Å². The molecule has 0 N–H and O–H groups in total. The highest BCUT2D eigenvalue weighted by molar-refractivity contribution is 6.01. The van der Waals surface area contributed by atoms with E-state index in [1.165, 1.54) is 7.11 Å². The molecule has 2 amide bonds. The van der Waals surface area contributed by atoms with Crippen molar-refractivity contribution in [3.63, 3.8) is 0 Å². The van der Waals surface area contributed by atoms with Crippen molar-refractivity contribution < 1.29 is 19.1 Å². The predicted molar refractivity (Wildman–Crippen MR) is 116 cm³/mol. The normalized spacial score (nSPS) is 16.5. The van der Waals surface area contributed by atoms with Crippen molar-refractivity contribution in [2.45, 2.75) is 59.2 Å². The number of nitrogens with zero attached hydrogens (tertiary/aromatic N) is 4. The Kier molecular flexibility index (Phi) is 5.78. The average molecular weight is 415 g/mol. The van der Waals surface area contributed by atoms with Gasteiger partial charge in [-0.05, 0) is 59.2 Å². The van der Waals surface area contributed by atoms with Gasteiger partial charge in [0.15, 0.2) is 0 Å². The van der Waals surface area contributed by atoms with Gasteiger partial charge in [-0.3, -0.25) is 14.5 Å². The summed E-state index contributed by atoms with van der Waals surface area (Å²) in [5, 5.41) is 4.46. The Bertz CT molecular complexity index is 945. The van der Waals surface area contributed by atoms with Crippen LogP contribution in [0.5, 0.6) is 0 Å². The van der Waals surface area contributed by atoms with Gasteiger partial charge in [-0.1, -0.05) is 6.07 Å². The SMILES string of the molecule is COC(=O)N1c2ccc(-c3cnn(C(C)(C)C)c3)cc2N(C(=O)OC(C)C)C[C@@H]1C. The number of ether oxygens (including phenoxy) is 2. The molecule has 0 saturated carbocycles. The summed E-state index contributed by atoms with van der Waals surface area (Å²) in [6.07, 6.45) is 2.62. The fourth-order valence-corrected chi connectivity index (χ4v) is 3.46. The van der Waals surface area contributed by atoms with Crippen LogP contribution in [0.15, 0.2) is 30.6 Å². The summed E-state index contributed by atoms with van der Waals surface area (Å²) in [4.78, 5) is 28.4. The largest absolute Gasteiger partial charge is 0.452 e. The lowest BCUT2D eigenvalue weighted by Gasteiger charge is -2.40. The molecule has 3 rings (SSSR count). The minimum atomic E-state index is -0.464. The van der Waals surface area contributed by atoms with Gasteiger partial charge in [0.25, 0.3) is 0 Å². The van der Waals surface area contributed by atoms with E-state index in [0.29, 0.717) is 17.9 Å². The van der Waals surface area contributed by atoms with Crippen molar-refractivity contribution in [3.05, 3.63) is 30.6 Å². The van der Waals surface area contributed by atoms with Crippen molar-refractivity contribution in [1.29, 1.82) is 0 Å². The van der Waals surface area contributed by atoms with E-state index in [1.54, 1.807) is 16.0 Å². The molecule has 1 aromatic heterocycles. The fraction of sp³-hybridized carbons (Fsp3) is 0.500. The molecular weight excluding hydrogens is 384 g/mol. The van der Waals surface area contributed by atoms with Gasteiger partial charge in [-0.15, -0.1) is 0 Å². The van der Waals surface area contributed by atoms with Crippen molar-refractivity contribution in [2.75, 3.05) is 23.5 Å². The molecule has 0 aliphatic carbocycles. The molecule has 0 spiro atoms. The maximum Gasteiger partial charge on any atom is 0.414 e. The van der Waals surface area contributed by atoms with E-state index in [1.807, 2.05) is 49.8 Å². The number of methoxy groups -OCH3 is 1. The van der Waals surface area contributed by atoms with Crippen molar-refractivity contribution >= 4 is 23.6 Å². The van der Waals surface area contributed by atoms with E-state index >= 15 is 0 Å². The van der Waals surface area contributed by atoms with Gasteiger partial charge in [-0.25, -0.2) is 9.59 Å². The van der Waals surface area contributed by atoms with Gasteiger partial charge in [0.1, 0.15) is 0 Å². The molecule has 0 radical (unpaired) electrons. The van der Waals surface area contributed by atoms with Crippen LogP contribution in [0.4, 0.5) is 21.0 Å². The van der Waals surface area contributed by atoms with Crippen LogP contribution in [0.2, 0.25) is 0 Å². The standard InChI is InChI=1S/C22H30N4O4/c1-14(2)30-20(27)24-12-15(3)26(21(28)29-7)18-9-8-16(10-19(18)24)17-11-23-25(13-17)22(4,5)6/h8-11,13-15H,12H2,1-7H3/t15-/m0/s1. The second kappa shape index (κ2) is 8.01. The second-order valence-corrected chi connectivity index (χ2v) is 8.78. The maximum absolute atomic E-state index is 12.8. The first-order valence-corrected chi connectivity index (χ1v) is 10.1. The van der Waals surface area contributed by atoms with Crippen LogP contribution >= 0.6 is 0 Å². The first kappa shape index (κ1) is 21.7. The number of anilines is 2. The molecule has 162 valence electrons. The summed E-state index contributed by atoms with van der Waals surface area (Å²) in [5.74, 6) is 0. The Hall–Kier alpha value is -3.03. The van der Waals surface area contributed by atoms with E-state index in [4.69, 9.17) is 9.47 Å². The predicted octanol–water partition coefficient (Wildman–Crippen LogP) is 4.63. The van der Waals surface area contributed by atoms with E-state index in [9.17, 15) is 9.59 Å². The van der Waals surface area contributed by atoms with Gasteiger partial charge in [0, 0.05) is 11.8 Å². The first-order valence-electron chi connectivity index (χ1n) is 10.1. The summed E-state index contributed by atoms with van der Waals surface area (Å²) in [6, 6.07) is 5.38. The molecule has 1 aromatic carbocycles. The van der Waals surface area contributed by atoms with Crippen LogP contribution in [0, 0.1) is 0 Å². The van der Waals surface area contributed by atoms with Gasteiger partial charge in [0.2, 0.25) is 0 Å². The summed E-state index contributed by atoms with van der Waals surface area (Å²) >= 11 is 0. The summed E-state index contributed by atoms with van der Waals surface area (Å²) < 4.78 is 12.3. The number of rotatable bonds is 2. The zero-order valence-electron chi connectivity index (χ0n) is 18.7. The molecule has 0 unspecified atom stereocenters. The lowest BCUT2D eigenvalue weighted by Crippen LogP contribution is -2.52. The molecule has 2 heterocycles. The average Bonchev–Trinajstić information content (AvgIpc) is 3.16. The molecule has 1 aliphatic heterocycles. The summed E-state index contributed by atoms with van der Waals surface area (Å²) in [7, 11) is 1.35. The van der Waals surface area contributed by atoms with E-state index in [2.05, 4.69) is 25.9 Å². The van der Waals surface area contributed by atoms with Crippen LogP contribution in [-0.2, 0) is 15.0 Å². The highest BCUT2D eigenvalue weighted by Gasteiger charge is 2.36. The fourth-order valence-electron chi connectivity index (χ4n) is 3.46. The minimum absolute atomic E-state index is 0.142. The molecule has 1 atom stereocenters. The number of hydrogen-bond acceptors (Lipinski definition) is 5. The number of benzene rings is 1. The molecule has 8 heteroatoms. The second-order valence-electron chi connectivity index (χ2n) is 8.78. The Morgan fingerprint density at radius 1 is 1.13 bits per heavy atom. The van der Waals surface area contributed by atoms with Crippen LogP contribution in [0.25, 0.3) is 11.1 Å². The molecule has 8 nitrogen and oxygen atoms in total. The van der Waals surface area contributed by atoms with Crippen LogP contribution in [-0.4, -0.2) is 47.8 Å². The molecule has 0 bridgehead atoms. The van der Waals surface area contributed by atoms with E-state index < -0.39 is 12.2 Å². The van der Waals surface area contributed by atoms with Gasteiger partial charge < -0.3 is 9.47 Å². The van der Waals surface area contributed by atoms with Crippen molar-refractivity contribution in [1.82, 2.24) is 9.78 Å². The number of carbonyl (C=O) groups excluding carboxylic acids is 2. The molecule has 30 heavy (non-hydrogen) atoms. The molecule has 2 aromatic rings. The van der Waals surface area contributed by atoms with Crippen LogP contribution < -0.4 is 9.80 Å². The highest BCUT2D eigenvalue weighted by Crippen LogP contribution is 2.39. The quantitative estimate of drug-likeness (QED) is 0.716. The van der Waals surface area contributed by atoms with Gasteiger partial charge in [-0.2, -0.15) is 5.10 Å². The Labute approximate surface area is 177 Å². The smallest absolute Gasteiger partial charge is 0.414 e. The van der Waals surface area contributed by atoms with Gasteiger partial charge in [0.05, 0.1) is 48.9 Å². The number of amides is 2. The third kappa shape index (κ3) is 4.13. The van der Waals surface area contributed by atoms with Crippen LogP contribution in [0.1, 0.15) is 41.5 Å². The highest BCUT2D eigenvalue weighted by atomic mass is 16.6. The monoisotopic (exact) mass is 414 g/mol. The Morgan fingerprint density at radius 2 is 1.83 bits per heavy atom. The minimum Gasteiger partial charge on any atom is -0.452 e. The molecule has 0 fully saturated rings. The maximum atomic E-state index is 12.8. The Balaban J connectivity index is 2.09. The summed E-state index contributed by atoms with van der Waals surface area (Å²) in [6.45, 7) is 12.0. The number of fused-ring (bicyclic) bond motifs is 1. The molecular formula is C22H30N4O4. The Morgan fingerprint density at radius 3 is 2.40 bits per heavy atom. The summed E-state index contributed by atoms with van der Waals surface area (Å²) in [5.41, 5.74) is 2.88. The zero-order chi connectivity index (χ0) is 22.2. The number of carbonyl (C=O) groups is 2. The lowest BCUT2D eigenvalue weighted by molar-refractivity contribution is 0.121.